The Bertz CT molecular complexity index is 858. The highest BCUT2D eigenvalue weighted by Crippen LogP contribution is 2.35. The van der Waals surface area contributed by atoms with Crippen LogP contribution in [0.4, 0.5) is 10.1 Å². The van der Waals surface area contributed by atoms with Crippen molar-refractivity contribution in [3.63, 3.8) is 0 Å². The van der Waals surface area contributed by atoms with Crippen LogP contribution < -0.4 is 4.90 Å². The number of rotatable bonds is 2. The third-order valence-corrected chi connectivity index (χ3v) is 3.85. The van der Waals surface area contributed by atoms with E-state index in [0.29, 0.717) is 30.0 Å². The maximum absolute atomic E-state index is 14.3. The molecule has 0 spiro atoms. The second kappa shape index (κ2) is 4.94. The van der Waals surface area contributed by atoms with Crippen molar-refractivity contribution < 1.29 is 13.6 Å². The highest BCUT2D eigenvalue weighted by atomic mass is 19.1. The molecule has 0 bridgehead atoms. The molecular formula is C17H13FN2O2. The summed E-state index contributed by atoms with van der Waals surface area (Å²) in [5, 5.41) is 0. The first-order valence-corrected chi connectivity index (χ1v) is 7.19. The maximum Gasteiger partial charge on any atom is 0.227 e. The fraction of sp³-hybridized carbons (Fsp3) is 0.176. The van der Waals surface area contributed by atoms with E-state index < -0.39 is 5.82 Å². The molecule has 3 aromatic rings. The highest BCUT2D eigenvalue weighted by molar-refractivity contribution is 6.02. The first-order chi connectivity index (χ1) is 10.7. The van der Waals surface area contributed by atoms with E-state index in [-0.39, 0.29) is 11.6 Å². The third-order valence-electron chi connectivity index (χ3n) is 3.85. The van der Waals surface area contributed by atoms with Crippen molar-refractivity contribution in [2.24, 2.45) is 0 Å². The Hall–Kier alpha value is -2.69. The molecule has 0 atom stereocenters. The minimum Gasteiger partial charge on any atom is -0.434 e. The SMILES string of the molecule is O=C1CCCN1c1c(F)ccc2nc(-c3ccccc3)oc12. The molecule has 110 valence electrons. The molecule has 2 aromatic carbocycles. The number of oxazole rings is 1. The van der Waals surface area contributed by atoms with Crippen molar-refractivity contribution in [2.75, 3.05) is 11.4 Å². The van der Waals surface area contributed by atoms with Gasteiger partial charge in [-0.3, -0.25) is 4.79 Å². The number of carbonyl (C=O) groups excluding carboxylic acids is 1. The number of amides is 1. The van der Waals surface area contributed by atoms with Crippen LogP contribution >= 0.6 is 0 Å². The monoisotopic (exact) mass is 296 g/mol. The lowest BCUT2D eigenvalue weighted by Gasteiger charge is -2.16. The lowest BCUT2D eigenvalue weighted by molar-refractivity contribution is -0.117. The summed E-state index contributed by atoms with van der Waals surface area (Å²) in [6.45, 7) is 0.510. The van der Waals surface area contributed by atoms with Gasteiger partial charge in [-0.1, -0.05) is 18.2 Å². The molecule has 1 amide bonds. The second-order valence-corrected chi connectivity index (χ2v) is 5.28. The molecule has 5 heteroatoms. The van der Waals surface area contributed by atoms with E-state index >= 15 is 0 Å². The van der Waals surface area contributed by atoms with Gasteiger partial charge in [-0.15, -0.1) is 0 Å². The van der Waals surface area contributed by atoms with Crippen LogP contribution in [0.3, 0.4) is 0 Å². The van der Waals surface area contributed by atoms with Crippen molar-refractivity contribution in [2.45, 2.75) is 12.8 Å². The fourth-order valence-corrected chi connectivity index (χ4v) is 2.79. The van der Waals surface area contributed by atoms with Crippen LogP contribution in [0, 0.1) is 5.82 Å². The van der Waals surface area contributed by atoms with E-state index in [4.69, 9.17) is 4.42 Å². The Kier molecular flexibility index (Phi) is 2.92. The van der Waals surface area contributed by atoms with Gasteiger partial charge in [-0.25, -0.2) is 9.37 Å². The third kappa shape index (κ3) is 1.97. The van der Waals surface area contributed by atoms with Gasteiger partial charge in [0.25, 0.3) is 0 Å². The smallest absolute Gasteiger partial charge is 0.227 e. The van der Waals surface area contributed by atoms with Crippen LogP contribution in [0.15, 0.2) is 46.9 Å². The van der Waals surface area contributed by atoms with Gasteiger partial charge in [0.05, 0.1) is 0 Å². The topological polar surface area (TPSA) is 46.3 Å². The molecular weight excluding hydrogens is 283 g/mol. The molecule has 4 nitrogen and oxygen atoms in total. The van der Waals surface area contributed by atoms with Crippen LogP contribution in [0.25, 0.3) is 22.6 Å². The molecule has 1 aromatic heterocycles. The Morgan fingerprint density at radius 3 is 2.68 bits per heavy atom. The summed E-state index contributed by atoms with van der Waals surface area (Å²) in [5.41, 5.74) is 1.90. The van der Waals surface area contributed by atoms with Gasteiger partial charge in [-0.2, -0.15) is 0 Å². The molecule has 22 heavy (non-hydrogen) atoms. The first kappa shape index (κ1) is 13.0. The van der Waals surface area contributed by atoms with Crippen molar-refractivity contribution in [3.8, 4) is 11.5 Å². The number of aromatic nitrogens is 1. The number of hydrogen-bond acceptors (Lipinski definition) is 3. The van der Waals surface area contributed by atoms with Gasteiger partial charge in [0.15, 0.2) is 11.4 Å². The van der Waals surface area contributed by atoms with E-state index in [1.165, 1.54) is 11.0 Å². The van der Waals surface area contributed by atoms with E-state index in [0.717, 1.165) is 12.0 Å². The van der Waals surface area contributed by atoms with Crippen LogP contribution in [0.5, 0.6) is 0 Å². The number of nitrogens with zero attached hydrogens (tertiary/aromatic N) is 2. The molecule has 1 fully saturated rings. The van der Waals surface area contributed by atoms with Gasteiger partial charge in [0.1, 0.15) is 11.2 Å². The van der Waals surface area contributed by atoms with Crippen LogP contribution in [-0.4, -0.2) is 17.4 Å². The summed E-state index contributed by atoms with van der Waals surface area (Å²) in [6, 6.07) is 12.3. The predicted octanol–water partition coefficient (Wildman–Crippen LogP) is 3.76. The standard InChI is InChI=1S/C17H13FN2O2/c18-12-8-9-13-16(15(12)20-10-4-7-14(20)21)22-17(19-13)11-5-2-1-3-6-11/h1-3,5-6,8-9H,4,7,10H2. The summed E-state index contributed by atoms with van der Waals surface area (Å²) < 4.78 is 20.1. The molecule has 1 saturated heterocycles. The fourth-order valence-electron chi connectivity index (χ4n) is 2.79. The van der Waals surface area contributed by atoms with Crippen LogP contribution in [0.2, 0.25) is 0 Å². The molecule has 0 unspecified atom stereocenters. The van der Waals surface area contributed by atoms with E-state index in [9.17, 15) is 9.18 Å². The molecule has 0 aliphatic carbocycles. The first-order valence-electron chi connectivity index (χ1n) is 7.19. The van der Waals surface area contributed by atoms with Crippen LogP contribution in [-0.2, 0) is 4.79 Å². The summed E-state index contributed by atoms with van der Waals surface area (Å²) in [4.78, 5) is 17.8. The zero-order valence-electron chi connectivity index (χ0n) is 11.8. The van der Waals surface area contributed by atoms with Crippen molar-refractivity contribution >= 4 is 22.7 Å². The number of carbonyl (C=O) groups is 1. The molecule has 1 aliphatic heterocycles. The van der Waals surface area contributed by atoms with Gasteiger partial charge in [0, 0.05) is 18.5 Å². The maximum atomic E-state index is 14.3. The van der Waals surface area contributed by atoms with Crippen molar-refractivity contribution in [1.29, 1.82) is 0 Å². The number of fused-ring (bicyclic) bond motifs is 1. The van der Waals surface area contributed by atoms with Crippen molar-refractivity contribution in [1.82, 2.24) is 4.98 Å². The van der Waals surface area contributed by atoms with E-state index in [2.05, 4.69) is 4.98 Å². The Morgan fingerprint density at radius 1 is 1.14 bits per heavy atom. The number of hydrogen-bond donors (Lipinski definition) is 0. The molecule has 1 aliphatic rings. The largest absolute Gasteiger partial charge is 0.434 e. The average molecular weight is 296 g/mol. The Balaban J connectivity index is 1.91. The molecule has 2 heterocycles. The number of halogens is 1. The predicted molar refractivity (Wildman–Crippen MR) is 81.0 cm³/mol. The zero-order valence-corrected chi connectivity index (χ0v) is 11.8. The van der Waals surface area contributed by atoms with Gasteiger partial charge in [0.2, 0.25) is 11.8 Å². The molecule has 0 N–H and O–H groups in total. The van der Waals surface area contributed by atoms with Crippen LogP contribution in [0.1, 0.15) is 12.8 Å². The van der Waals surface area contributed by atoms with Crippen molar-refractivity contribution in [3.05, 3.63) is 48.3 Å². The summed E-state index contributed by atoms with van der Waals surface area (Å²) >= 11 is 0. The average Bonchev–Trinajstić information content (AvgIpc) is 3.15. The normalized spacial score (nSPS) is 15.0. The summed E-state index contributed by atoms with van der Waals surface area (Å²) in [6.07, 6.45) is 1.17. The molecule has 0 radical (unpaired) electrons. The summed E-state index contributed by atoms with van der Waals surface area (Å²) in [7, 11) is 0. The minimum absolute atomic E-state index is 0.0796. The highest BCUT2D eigenvalue weighted by Gasteiger charge is 2.28. The Labute approximate surface area is 126 Å². The van der Waals surface area contributed by atoms with Gasteiger partial charge < -0.3 is 9.32 Å². The second-order valence-electron chi connectivity index (χ2n) is 5.28. The Morgan fingerprint density at radius 2 is 1.95 bits per heavy atom. The van der Waals surface area contributed by atoms with Gasteiger partial charge in [-0.05, 0) is 30.7 Å². The van der Waals surface area contributed by atoms with E-state index in [1.54, 1.807) is 6.07 Å². The van der Waals surface area contributed by atoms with Gasteiger partial charge >= 0.3 is 0 Å². The van der Waals surface area contributed by atoms with E-state index in [1.807, 2.05) is 30.3 Å². The number of benzene rings is 2. The zero-order chi connectivity index (χ0) is 15.1. The summed E-state index contributed by atoms with van der Waals surface area (Å²) in [5.74, 6) is -0.114. The quantitative estimate of drug-likeness (QED) is 0.723. The lowest BCUT2D eigenvalue weighted by Crippen LogP contribution is -2.24. The lowest BCUT2D eigenvalue weighted by atomic mass is 10.2. The molecule has 4 rings (SSSR count). The minimum atomic E-state index is -0.460. The number of anilines is 1. The molecule has 0 saturated carbocycles.